The van der Waals surface area contributed by atoms with Crippen molar-refractivity contribution in [3.8, 4) is 23.1 Å². The maximum atomic E-state index is 14.0. The van der Waals surface area contributed by atoms with Gasteiger partial charge in [0.15, 0.2) is 5.82 Å². The monoisotopic (exact) mass is 702 g/mol. The molecule has 0 radical (unpaired) electrons. The Morgan fingerprint density at radius 1 is 1.06 bits per heavy atom. The van der Waals surface area contributed by atoms with E-state index in [4.69, 9.17) is 23.9 Å². The number of carbonyl (C=O) groups is 1. The van der Waals surface area contributed by atoms with Crippen LogP contribution in [-0.2, 0) is 19.0 Å². The molecule has 0 saturated carbocycles. The van der Waals surface area contributed by atoms with Crippen LogP contribution in [-0.4, -0.2) is 108 Å². The normalized spacial score (nSPS) is 23.3. The fourth-order valence-corrected chi connectivity index (χ4v) is 6.68. The first-order valence-electron chi connectivity index (χ1n) is 16.1. The van der Waals surface area contributed by atoms with Gasteiger partial charge in [-0.2, -0.15) is 8.78 Å². The largest absolute Gasteiger partial charge is 0.480 e. The molecule has 7 rings (SSSR count). The number of anilines is 2. The van der Waals surface area contributed by atoms with E-state index in [1.54, 1.807) is 6.20 Å². The van der Waals surface area contributed by atoms with E-state index < -0.39 is 48.5 Å². The highest BCUT2D eigenvalue weighted by atomic mass is 19.3. The topological polar surface area (TPSA) is 141 Å². The molecule has 4 aliphatic rings. The zero-order valence-electron chi connectivity index (χ0n) is 26.9. The van der Waals surface area contributed by atoms with E-state index in [0.29, 0.717) is 51.1 Å². The van der Waals surface area contributed by atoms with Crippen LogP contribution in [0.2, 0.25) is 0 Å². The summed E-state index contributed by atoms with van der Waals surface area (Å²) in [6.07, 6.45) is 0.579. The quantitative estimate of drug-likeness (QED) is 0.299. The highest BCUT2D eigenvalue weighted by molar-refractivity contribution is 5.79. The standard InChI is InChI=1S/C33H34F4N6O7/c1-18-33(16-47-17-33)48-10-7-42(18)24-11-20(19-5-8-46-9-6-19)14-38-30(24)49-21-12-25(31(44)45)43(15-21)26-13-23(40-29(41-26)28(34)35)22-3-2-4-27(39-22)50-32(36)37/h2-5,11,13-14,18,21,25,28,32H,6-10,12,15-17H2,1H3,(H,44,45)/t18-,21-,25-/m0/s1. The third-order valence-corrected chi connectivity index (χ3v) is 9.36. The van der Waals surface area contributed by atoms with Gasteiger partial charge in [0.1, 0.15) is 29.3 Å². The predicted molar refractivity (Wildman–Crippen MR) is 169 cm³/mol. The number of morpholine rings is 1. The number of nitrogens with zero attached hydrogens (tertiary/aromatic N) is 6. The zero-order valence-corrected chi connectivity index (χ0v) is 26.9. The molecule has 7 heterocycles. The summed E-state index contributed by atoms with van der Waals surface area (Å²) in [6, 6.07) is 5.92. The summed E-state index contributed by atoms with van der Waals surface area (Å²) in [5.41, 5.74) is 2.06. The molecule has 1 N–H and O–H groups in total. The molecule has 50 heavy (non-hydrogen) atoms. The number of aromatic nitrogens is 4. The van der Waals surface area contributed by atoms with E-state index >= 15 is 0 Å². The van der Waals surface area contributed by atoms with Crippen molar-refractivity contribution in [2.45, 2.75) is 56.6 Å². The average Bonchev–Trinajstić information content (AvgIpc) is 3.52. The van der Waals surface area contributed by atoms with Gasteiger partial charge in [-0.1, -0.05) is 12.1 Å². The molecule has 4 aliphatic heterocycles. The van der Waals surface area contributed by atoms with Crippen molar-refractivity contribution in [1.82, 2.24) is 19.9 Å². The van der Waals surface area contributed by atoms with Crippen molar-refractivity contribution in [2.75, 3.05) is 55.9 Å². The Morgan fingerprint density at radius 2 is 1.90 bits per heavy atom. The molecule has 1 spiro atoms. The molecule has 266 valence electrons. The third kappa shape index (κ3) is 6.76. The lowest BCUT2D eigenvalue weighted by Crippen LogP contribution is -2.68. The summed E-state index contributed by atoms with van der Waals surface area (Å²) in [7, 11) is 0. The van der Waals surface area contributed by atoms with Gasteiger partial charge in [0.2, 0.25) is 11.8 Å². The van der Waals surface area contributed by atoms with Crippen molar-refractivity contribution in [3.05, 3.63) is 54.0 Å². The molecule has 0 aromatic carbocycles. The van der Waals surface area contributed by atoms with Gasteiger partial charge in [-0.05, 0) is 36.6 Å². The smallest absolute Gasteiger partial charge is 0.388 e. The maximum Gasteiger partial charge on any atom is 0.388 e. The fraction of sp³-hybridized carbons (Fsp3) is 0.485. The van der Waals surface area contributed by atoms with Crippen molar-refractivity contribution in [1.29, 1.82) is 0 Å². The maximum absolute atomic E-state index is 14.0. The molecule has 17 heteroatoms. The molecular formula is C33H34F4N6O7. The number of halogens is 4. The molecule has 13 nitrogen and oxygen atoms in total. The van der Waals surface area contributed by atoms with Gasteiger partial charge in [0.25, 0.3) is 6.43 Å². The first-order chi connectivity index (χ1) is 24.1. The zero-order chi connectivity index (χ0) is 35.0. The van der Waals surface area contributed by atoms with E-state index in [1.807, 2.05) is 12.1 Å². The number of pyridine rings is 2. The van der Waals surface area contributed by atoms with Gasteiger partial charge >= 0.3 is 12.6 Å². The molecule has 0 unspecified atom stereocenters. The van der Waals surface area contributed by atoms with E-state index in [1.165, 1.54) is 29.2 Å². The Morgan fingerprint density at radius 3 is 2.60 bits per heavy atom. The summed E-state index contributed by atoms with van der Waals surface area (Å²) in [6.45, 7) is 1.86. The van der Waals surface area contributed by atoms with Crippen LogP contribution in [0.25, 0.3) is 17.0 Å². The van der Waals surface area contributed by atoms with E-state index in [9.17, 15) is 27.5 Å². The van der Waals surface area contributed by atoms with Crippen LogP contribution < -0.4 is 19.3 Å². The second-order valence-electron chi connectivity index (χ2n) is 12.4. The summed E-state index contributed by atoms with van der Waals surface area (Å²) >= 11 is 0. The minimum Gasteiger partial charge on any atom is -0.480 e. The van der Waals surface area contributed by atoms with E-state index in [0.717, 1.165) is 17.6 Å². The summed E-state index contributed by atoms with van der Waals surface area (Å²) in [5, 5.41) is 10.2. The number of ether oxygens (including phenoxy) is 5. The fourth-order valence-electron chi connectivity index (χ4n) is 6.68. The SMILES string of the molecule is C[C@@H]1N(c2cc(C3=CCOCC3)cnc2O[C@H]2C[C@@H](C(=O)O)N(c3cc(-c4cccc(OC(F)F)n4)nc(C(F)F)n3)C2)CCOC12COC2. The third-order valence-electron chi connectivity index (χ3n) is 9.36. The van der Waals surface area contributed by atoms with E-state index in [-0.39, 0.29) is 36.2 Å². The summed E-state index contributed by atoms with van der Waals surface area (Å²) in [5.74, 6) is -2.37. The average molecular weight is 703 g/mol. The molecule has 3 fully saturated rings. The summed E-state index contributed by atoms with van der Waals surface area (Å²) in [4.78, 5) is 32.6. The molecule has 0 amide bonds. The Balaban J connectivity index is 1.20. The number of rotatable bonds is 10. The second kappa shape index (κ2) is 14.0. The van der Waals surface area contributed by atoms with Crippen LogP contribution >= 0.6 is 0 Å². The van der Waals surface area contributed by atoms with Crippen LogP contribution in [0.5, 0.6) is 11.8 Å². The molecule has 0 aliphatic carbocycles. The van der Waals surface area contributed by atoms with Crippen LogP contribution in [0, 0.1) is 0 Å². The lowest BCUT2D eigenvalue weighted by molar-refractivity contribution is -0.228. The molecule has 3 aromatic rings. The van der Waals surface area contributed by atoms with Crippen molar-refractivity contribution in [2.24, 2.45) is 0 Å². The first kappa shape index (κ1) is 33.9. The lowest BCUT2D eigenvalue weighted by Gasteiger charge is -2.53. The molecular weight excluding hydrogens is 668 g/mol. The Bertz CT molecular complexity index is 1760. The van der Waals surface area contributed by atoms with Crippen LogP contribution in [0.15, 0.2) is 42.6 Å². The molecule has 3 atom stereocenters. The number of carboxylic acids is 1. The van der Waals surface area contributed by atoms with Gasteiger partial charge < -0.3 is 38.6 Å². The minimum absolute atomic E-state index is 0.0174. The highest BCUT2D eigenvalue weighted by Crippen LogP contribution is 2.41. The Kier molecular flexibility index (Phi) is 9.45. The van der Waals surface area contributed by atoms with Gasteiger partial charge in [0.05, 0.1) is 57.0 Å². The van der Waals surface area contributed by atoms with Gasteiger partial charge in [-0.25, -0.2) is 33.5 Å². The van der Waals surface area contributed by atoms with Crippen molar-refractivity contribution >= 4 is 23.0 Å². The Labute approximate surface area is 283 Å². The molecule has 3 saturated heterocycles. The van der Waals surface area contributed by atoms with Crippen molar-refractivity contribution in [3.63, 3.8) is 0 Å². The first-order valence-corrected chi connectivity index (χ1v) is 16.1. The van der Waals surface area contributed by atoms with Crippen molar-refractivity contribution < 1.29 is 51.1 Å². The number of hydrogen-bond donors (Lipinski definition) is 1. The van der Waals surface area contributed by atoms with Crippen LogP contribution in [0.4, 0.5) is 29.1 Å². The lowest BCUT2D eigenvalue weighted by atomic mass is 9.89. The van der Waals surface area contributed by atoms with E-state index in [2.05, 4.69) is 31.5 Å². The van der Waals surface area contributed by atoms with Gasteiger partial charge in [-0.3, -0.25) is 0 Å². The second-order valence-corrected chi connectivity index (χ2v) is 12.4. The minimum atomic E-state index is -3.15. The number of aliphatic carboxylic acids is 1. The number of hydrogen-bond acceptors (Lipinski definition) is 12. The van der Waals surface area contributed by atoms with Gasteiger partial charge in [-0.15, -0.1) is 0 Å². The number of alkyl halides is 4. The predicted octanol–water partition coefficient (Wildman–Crippen LogP) is 4.38. The van der Waals surface area contributed by atoms with Crippen LogP contribution in [0.1, 0.15) is 37.6 Å². The highest BCUT2D eigenvalue weighted by Gasteiger charge is 2.50. The molecule has 3 aromatic heterocycles. The Hall–Kier alpha value is -4.61. The molecule has 0 bridgehead atoms. The number of carboxylic acid groups (broad SMARTS) is 1. The summed E-state index contributed by atoms with van der Waals surface area (Å²) < 4.78 is 81.7. The van der Waals surface area contributed by atoms with Gasteiger partial charge in [0, 0.05) is 31.3 Å². The van der Waals surface area contributed by atoms with Crippen LogP contribution in [0.3, 0.4) is 0 Å².